The number of aromatic nitrogens is 3. The van der Waals surface area contributed by atoms with Crippen molar-refractivity contribution in [3.05, 3.63) is 90.0 Å². The fraction of sp³-hybridized carbons (Fsp3) is 0.323. The van der Waals surface area contributed by atoms with E-state index in [1.807, 2.05) is 23.1 Å². The van der Waals surface area contributed by atoms with Gasteiger partial charge in [0.05, 0.1) is 0 Å². The van der Waals surface area contributed by atoms with Crippen LogP contribution in [0.25, 0.3) is 17.1 Å². The molecule has 1 aromatic heterocycles. The van der Waals surface area contributed by atoms with Crippen molar-refractivity contribution in [2.45, 2.75) is 38.3 Å². The summed E-state index contributed by atoms with van der Waals surface area (Å²) >= 11 is 1.70. The van der Waals surface area contributed by atoms with Gasteiger partial charge in [-0.15, -0.1) is 10.2 Å². The predicted molar refractivity (Wildman–Crippen MR) is 156 cm³/mol. The van der Waals surface area contributed by atoms with Crippen molar-refractivity contribution in [2.75, 3.05) is 36.8 Å². The summed E-state index contributed by atoms with van der Waals surface area (Å²) in [5, 5.41) is 9.95. The average molecular weight is 526 g/mol. The molecule has 1 aliphatic rings. The first kappa shape index (κ1) is 26.0. The van der Waals surface area contributed by atoms with Crippen LogP contribution in [0.15, 0.2) is 84.0 Å². The molecule has 1 saturated heterocycles. The van der Waals surface area contributed by atoms with E-state index in [4.69, 9.17) is 0 Å². The zero-order chi connectivity index (χ0) is 26.3. The van der Waals surface area contributed by atoms with Crippen molar-refractivity contribution in [1.82, 2.24) is 19.7 Å². The third-order valence-electron chi connectivity index (χ3n) is 7.06. The lowest BCUT2D eigenvalue weighted by molar-refractivity contribution is -0.131. The Balaban J connectivity index is 1.13. The molecule has 4 aromatic rings. The Morgan fingerprint density at radius 1 is 0.816 bits per heavy atom. The maximum absolute atomic E-state index is 12.8. The van der Waals surface area contributed by atoms with Gasteiger partial charge in [-0.3, -0.25) is 9.36 Å². The summed E-state index contributed by atoms with van der Waals surface area (Å²) in [4.78, 5) is 17.3. The fourth-order valence-corrected chi connectivity index (χ4v) is 5.83. The van der Waals surface area contributed by atoms with Crippen molar-refractivity contribution in [3.8, 4) is 17.1 Å². The van der Waals surface area contributed by atoms with E-state index in [9.17, 15) is 4.79 Å². The third-order valence-corrected chi connectivity index (χ3v) is 8.08. The molecule has 7 heteroatoms. The minimum atomic E-state index is 0.272. The molecular formula is C31H35N5OS. The predicted octanol–water partition coefficient (Wildman–Crippen LogP) is 6.16. The van der Waals surface area contributed by atoms with Crippen molar-refractivity contribution in [2.24, 2.45) is 0 Å². The molecule has 5 rings (SSSR count). The molecule has 196 valence electrons. The Morgan fingerprint density at radius 3 is 2.26 bits per heavy atom. The van der Waals surface area contributed by atoms with Crippen LogP contribution < -0.4 is 4.90 Å². The maximum Gasteiger partial charge on any atom is 0.222 e. The second-order valence-corrected chi connectivity index (χ2v) is 10.9. The molecule has 0 spiro atoms. The number of rotatable bonds is 9. The zero-order valence-corrected chi connectivity index (χ0v) is 23.0. The molecule has 0 unspecified atom stereocenters. The van der Waals surface area contributed by atoms with Crippen LogP contribution in [0.2, 0.25) is 0 Å². The number of hydrogen-bond acceptors (Lipinski definition) is 5. The highest BCUT2D eigenvalue weighted by molar-refractivity contribution is 7.99. The van der Waals surface area contributed by atoms with E-state index in [0.717, 1.165) is 67.0 Å². The lowest BCUT2D eigenvalue weighted by Crippen LogP contribution is -2.48. The molecule has 3 aromatic carbocycles. The SMILES string of the molecule is Cc1ccc(-c2nnc(SCCCCC(=O)N3CCN(c4ccccc4C)CC3)n2-c2ccccc2)cc1. The van der Waals surface area contributed by atoms with Crippen molar-refractivity contribution in [1.29, 1.82) is 0 Å². The van der Waals surface area contributed by atoms with E-state index in [2.05, 4.69) is 94.2 Å². The molecule has 0 bridgehead atoms. The number of piperazine rings is 1. The van der Waals surface area contributed by atoms with Gasteiger partial charge in [-0.1, -0.05) is 78.0 Å². The molecule has 0 atom stereocenters. The highest BCUT2D eigenvalue weighted by Gasteiger charge is 2.22. The topological polar surface area (TPSA) is 54.3 Å². The summed E-state index contributed by atoms with van der Waals surface area (Å²) in [6.45, 7) is 7.61. The van der Waals surface area contributed by atoms with Crippen molar-refractivity contribution < 1.29 is 4.79 Å². The first-order valence-electron chi connectivity index (χ1n) is 13.4. The van der Waals surface area contributed by atoms with Gasteiger partial charge in [0.2, 0.25) is 5.91 Å². The normalized spacial score (nSPS) is 13.6. The average Bonchev–Trinajstić information content (AvgIpc) is 3.38. The molecule has 6 nitrogen and oxygen atoms in total. The molecule has 1 fully saturated rings. The number of aryl methyl sites for hydroxylation is 2. The van der Waals surface area contributed by atoms with Gasteiger partial charge in [-0.2, -0.15) is 0 Å². The first-order valence-corrected chi connectivity index (χ1v) is 14.4. The van der Waals surface area contributed by atoms with Crippen LogP contribution in [0.4, 0.5) is 5.69 Å². The first-order chi connectivity index (χ1) is 18.6. The second-order valence-electron chi connectivity index (χ2n) is 9.80. The molecule has 2 heterocycles. The highest BCUT2D eigenvalue weighted by Crippen LogP contribution is 2.29. The van der Waals surface area contributed by atoms with Crippen LogP contribution in [0.5, 0.6) is 0 Å². The van der Waals surface area contributed by atoms with Crippen LogP contribution in [-0.2, 0) is 4.79 Å². The number of anilines is 1. The smallest absolute Gasteiger partial charge is 0.222 e. The summed E-state index contributed by atoms with van der Waals surface area (Å²) in [7, 11) is 0. The summed E-state index contributed by atoms with van der Waals surface area (Å²) in [5.74, 6) is 2.01. The van der Waals surface area contributed by atoms with Gasteiger partial charge in [-0.05, 0) is 50.5 Å². The van der Waals surface area contributed by atoms with Crippen LogP contribution >= 0.6 is 11.8 Å². The number of benzene rings is 3. The van der Waals surface area contributed by atoms with Gasteiger partial charge in [-0.25, -0.2) is 0 Å². The van der Waals surface area contributed by atoms with Gasteiger partial charge >= 0.3 is 0 Å². The van der Waals surface area contributed by atoms with Gasteiger partial charge in [0.1, 0.15) is 0 Å². The highest BCUT2D eigenvalue weighted by atomic mass is 32.2. The van der Waals surface area contributed by atoms with E-state index < -0.39 is 0 Å². The van der Waals surface area contributed by atoms with Crippen LogP contribution in [0.3, 0.4) is 0 Å². The lowest BCUT2D eigenvalue weighted by Gasteiger charge is -2.37. The molecule has 0 N–H and O–H groups in total. The molecule has 38 heavy (non-hydrogen) atoms. The number of thioether (sulfide) groups is 1. The zero-order valence-electron chi connectivity index (χ0n) is 22.2. The molecular weight excluding hydrogens is 490 g/mol. The second kappa shape index (κ2) is 12.3. The maximum atomic E-state index is 12.8. The van der Waals surface area contributed by atoms with Gasteiger partial charge in [0, 0.05) is 55.3 Å². The summed E-state index contributed by atoms with van der Waals surface area (Å²) in [6, 6.07) is 27.1. The van der Waals surface area contributed by atoms with E-state index >= 15 is 0 Å². The largest absolute Gasteiger partial charge is 0.368 e. The molecule has 1 amide bonds. The van der Waals surface area contributed by atoms with E-state index in [0.29, 0.717) is 6.42 Å². The van der Waals surface area contributed by atoms with Gasteiger partial charge in [0.15, 0.2) is 11.0 Å². The Labute approximate surface area is 229 Å². The number of hydrogen-bond donors (Lipinski definition) is 0. The standard InChI is InChI=1S/C31H35N5OS/c1-24-15-17-26(18-16-24)30-32-33-31(36(30)27-11-4-3-5-12-27)38-23-9-8-14-29(37)35-21-19-34(20-22-35)28-13-7-6-10-25(28)2/h3-7,10-13,15-18H,8-9,14,19-23H2,1-2H3. The van der Waals surface area contributed by atoms with Crippen LogP contribution in [0, 0.1) is 13.8 Å². The third kappa shape index (κ3) is 6.10. The number of nitrogens with zero attached hydrogens (tertiary/aromatic N) is 5. The van der Waals surface area contributed by atoms with E-state index in [-0.39, 0.29) is 5.91 Å². The van der Waals surface area contributed by atoms with Crippen LogP contribution in [-0.4, -0.2) is 57.5 Å². The minimum Gasteiger partial charge on any atom is -0.368 e. The number of carbonyl (C=O) groups is 1. The number of carbonyl (C=O) groups excluding carboxylic acids is 1. The quantitative estimate of drug-likeness (QED) is 0.193. The number of para-hydroxylation sites is 2. The Kier molecular flexibility index (Phi) is 8.44. The molecule has 0 saturated carbocycles. The molecule has 1 aliphatic heterocycles. The van der Waals surface area contributed by atoms with Gasteiger partial charge < -0.3 is 9.80 Å². The minimum absolute atomic E-state index is 0.272. The molecule has 0 radical (unpaired) electrons. The Hall–Kier alpha value is -3.58. The number of amides is 1. The number of unbranched alkanes of at least 4 members (excludes halogenated alkanes) is 1. The summed E-state index contributed by atoms with van der Waals surface area (Å²) in [6.07, 6.45) is 2.44. The Morgan fingerprint density at radius 2 is 1.53 bits per heavy atom. The van der Waals surface area contributed by atoms with Crippen LogP contribution in [0.1, 0.15) is 30.4 Å². The fourth-order valence-electron chi connectivity index (χ4n) is 4.88. The van der Waals surface area contributed by atoms with Crippen molar-refractivity contribution >= 4 is 23.4 Å². The molecule has 0 aliphatic carbocycles. The van der Waals surface area contributed by atoms with E-state index in [1.165, 1.54) is 16.8 Å². The van der Waals surface area contributed by atoms with Gasteiger partial charge in [0.25, 0.3) is 0 Å². The lowest BCUT2D eigenvalue weighted by atomic mass is 10.1. The monoisotopic (exact) mass is 525 g/mol. The Bertz CT molecular complexity index is 1340. The summed E-state index contributed by atoms with van der Waals surface area (Å²) in [5.41, 5.74) is 5.89. The summed E-state index contributed by atoms with van der Waals surface area (Å²) < 4.78 is 2.13. The van der Waals surface area contributed by atoms with E-state index in [1.54, 1.807) is 11.8 Å². The van der Waals surface area contributed by atoms with Crippen molar-refractivity contribution in [3.63, 3.8) is 0 Å².